The molecular formula is C13H17N3O2S. The fraction of sp³-hybridized carbons (Fsp3) is 0.385. The van der Waals surface area contributed by atoms with Gasteiger partial charge >= 0.3 is 0 Å². The molecule has 0 atom stereocenters. The maximum atomic E-state index is 12.4. The Hall–Kier alpha value is -1.37. The van der Waals surface area contributed by atoms with Crippen LogP contribution >= 0.6 is 0 Å². The number of nitrogens with zero attached hydrogens (tertiary/aromatic N) is 1. The van der Waals surface area contributed by atoms with Crippen LogP contribution in [0.1, 0.15) is 5.56 Å². The van der Waals surface area contributed by atoms with E-state index in [1.54, 1.807) is 24.3 Å². The molecule has 0 aromatic heterocycles. The van der Waals surface area contributed by atoms with E-state index >= 15 is 0 Å². The van der Waals surface area contributed by atoms with E-state index in [0.29, 0.717) is 27.6 Å². The van der Waals surface area contributed by atoms with Gasteiger partial charge in [0.2, 0.25) is 9.84 Å². The van der Waals surface area contributed by atoms with E-state index in [1.165, 1.54) is 0 Å². The smallest absolute Gasteiger partial charge is 0.204 e. The molecule has 1 saturated heterocycles. The van der Waals surface area contributed by atoms with Gasteiger partial charge in [-0.15, -0.1) is 0 Å². The lowest BCUT2D eigenvalue weighted by Crippen LogP contribution is -2.44. The van der Waals surface area contributed by atoms with E-state index in [2.05, 4.69) is 10.2 Å². The van der Waals surface area contributed by atoms with Crippen molar-refractivity contribution in [2.45, 2.75) is 4.90 Å². The average molecular weight is 279 g/mol. The van der Waals surface area contributed by atoms with Crippen LogP contribution in [0.2, 0.25) is 0 Å². The number of anilines is 1. The van der Waals surface area contributed by atoms with Gasteiger partial charge in [-0.05, 0) is 18.2 Å². The standard InChI is InChI=1S/C13H17N3O2S/c14-12-2-1-3-13-11(12)8-10(19(13,17)18)9-16-6-4-15-5-7-16/h1-3,8,15H,4-7,9,14H2. The predicted octanol–water partition coefficient (Wildman–Crippen LogP) is 0.302. The maximum absolute atomic E-state index is 12.4. The monoisotopic (exact) mass is 279 g/mol. The molecular weight excluding hydrogens is 262 g/mol. The zero-order valence-electron chi connectivity index (χ0n) is 10.6. The van der Waals surface area contributed by atoms with Crippen molar-refractivity contribution in [3.63, 3.8) is 0 Å². The predicted molar refractivity (Wildman–Crippen MR) is 75.3 cm³/mol. The van der Waals surface area contributed by atoms with Gasteiger partial charge in [0.25, 0.3) is 0 Å². The number of nitrogens with two attached hydrogens (primary N) is 1. The fourth-order valence-corrected chi connectivity index (χ4v) is 4.18. The summed E-state index contributed by atoms with van der Waals surface area (Å²) in [5, 5.41) is 3.26. The first-order chi connectivity index (χ1) is 9.09. The van der Waals surface area contributed by atoms with E-state index in [0.717, 1.165) is 26.2 Å². The van der Waals surface area contributed by atoms with Gasteiger partial charge in [0.05, 0.1) is 9.80 Å². The summed E-state index contributed by atoms with van der Waals surface area (Å²) in [6.07, 6.45) is 1.72. The topological polar surface area (TPSA) is 75.4 Å². The molecule has 1 aromatic rings. The number of hydrogen-bond acceptors (Lipinski definition) is 5. The molecule has 0 amide bonds. The molecule has 0 bridgehead atoms. The van der Waals surface area contributed by atoms with Crippen molar-refractivity contribution in [3.8, 4) is 0 Å². The fourth-order valence-electron chi connectivity index (χ4n) is 2.55. The van der Waals surface area contributed by atoms with Crippen molar-refractivity contribution < 1.29 is 8.42 Å². The van der Waals surface area contributed by atoms with Crippen LogP contribution in [0.15, 0.2) is 28.0 Å². The normalized spacial score (nSPS) is 22.0. The zero-order valence-corrected chi connectivity index (χ0v) is 11.4. The van der Waals surface area contributed by atoms with E-state index in [-0.39, 0.29) is 0 Å². The van der Waals surface area contributed by atoms with Crippen molar-refractivity contribution in [1.82, 2.24) is 10.2 Å². The first kappa shape index (κ1) is 12.7. The highest BCUT2D eigenvalue weighted by Gasteiger charge is 2.31. The average Bonchev–Trinajstić information content (AvgIpc) is 2.65. The van der Waals surface area contributed by atoms with Crippen LogP contribution in [0, 0.1) is 0 Å². The third kappa shape index (κ3) is 2.16. The van der Waals surface area contributed by atoms with E-state index in [9.17, 15) is 8.42 Å². The second kappa shape index (κ2) is 4.63. The van der Waals surface area contributed by atoms with Crippen LogP contribution in [0.4, 0.5) is 5.69 Å². The Balaban J connectivity index is 1.92. The first-order valence-corrected chi connectivity index (χ1v) is 7.84. The molecule has 1 aromatic carbocycles. The summed E-state index contributed by atoms with van der Waals surface area (Å²) in [4.78, 5) is 2.96. The summed E-state index contributed by atoms with van der Waals surface area (Å²) in [7, 11) is -3.35. The van der Waals surface area contributed by atoms with Crippen molar-refractivity contribution in [1.29, 1.82) is 0 Å². The van der Waals surface area contributed by atoms with Gasteiger partial charge in [-0.1, -0.05) is 6.07 Å². The molecule has 2 heterocycles. The Morgan fingerprint density at radius 2 is 2.00 bits per heavy atom. The third-order valence-corrected chi connectivity index (χ3v) is 5.50. The minimum Gasteiger partial charge on any atom is -0.398 e. The number of nitrogen functional groups attached to an aromatic ring is 1. The van der Waals surface area contributed by atoms with Gasteiger partial charge < -0.3 is 11.1 Å². The molecule has 0 saturated carbocycles. The van der Waals surface area contributed by atoms with Gasteiger partial charge in [-0.2, -0.15) is 0 Å². The molecule has 3 N–H and O–H groups in total. The Labute approximate surface area is 113 Å². The van der Waals surface area contributed by atoms with Crippen LogP contribution in [0.25, 0.3) is 6.08 Å². The summed E-state index contributed by atoms with van der Waals surface area (Å²) in [5.74, 6) is 0. The molecule has 0 unspecified atom stereocenters. The van der Waals surface area contributed by atoms with Crippen LogP contribution < -0.4 is 11.1 Å². The first-order valence-electron chi connectivity index (χ1n) is 6.36. The van der Waals surface area contributed by atoms with Crippen LogP contribution in [-0.2, 0) is 9.84 Å². The highest BCUT2D eigenvalue weighted by atomic mass is 32.2. The highest BCUT2D eigenvalue weighted by Crippen LogP contribution is 2.36. The van der Waals surface area contributed by atoms with E-state index in [4.69, 9.17) is 5.73 Å². The maximum Gasteiger partial charge on any atom is 0.204 e. The minimum atomic E-state index is -3.35. The van der Waals surface area contributed by atoms with Gasteiger partial charge in [0, 0.05) is 44.0 Å². The number of sulfone groups is 1. The summed E-state index contributed by atoms with van der Waals surface area (Å²) in [6, 6.07) is 5.05. The molecule has 102 valence electrons. The Kier molecular flexibility index (Phi) is 3.08. The van der Waals surface area contributed by atoms with Gasteiger partial charge in [0.1, 0.15) is 0 Å². The third-order valence-electron chi connectivity index (χ3n) is 3.63. The SMILES string of the molecule is Nc1cccc2c1C=C(CN1CCNCC1)S2(=O)=O. The highest BCUT2D eigenvalue weighted by molar-refractivity contribution is 7.95. The van der Waals surface area contributed by atoms with Crippen LogP contribution in [-0.4, -0.2) is 46.0 Å². The largest absolute Gasteiger partial charge is 0.398 e. The second-order valence-corrected chi connectivity index (χ2v) is 6.87. The minimum absolute atomic E-state index is 0.345. The Morgan fingerprint density at radius 3 is 2.68 bits per heavy atom. The summed E-state index contributed by atoms with van der Waals surface area (Å²) < 4.78 is 24.9. The molecule has 2 aliphatic heterocycles. The Bertz CT molecular complexity index is 631. The van der Waals surface area contributed by atoms with Crippen molar-refractivity contribution in [3.05, 3.63) is 28.7 Å². The van der Waals surface area contributed by atoms with Gasteiger partial charge in [-0.25, -0.2) is 8.42 Å². The number of nitrogens with one attached hydrogen (secondary N) is 1. The molecule has 3 rings (SSSR count). The van der Waals surface area contributed by atoms with Gasteiger partial charge in [0.15, 0.2) is 0 Å². The van der Waals surface area contributed by atoms with Crippen molar-refractivity contribution in [2.24, 2.45) is 0 Å². The molecule has 0 radical (unpaired) electrons. The van der Waals surface area contributed by atoms with Gasteiger partial charge in [-0.3, -0.25) is 4.90 Å². The lowest BCUT2D eigenvalue weighted by molar-refractivity contribution is 0.263. The van der Waals surface area contributed by atoms with E-state index in [1.807, 2.05) is 0 Å². The lowest BCUT2D eigenvalue weighted by atomic mass is 10.1. The number of piperazine rings is 1. The molecule has 5 nitrogen and oxygen atoms in total. The number of benzene rings is 1. The van der Waals surface area contributed by atoms with Crippen molar-refractivity contribution in [2.75, 3.05) is 38.5 Å². The number of fused-ring (bicyclic) bond motifs is 1. The van der Waals surface area contributed by atoms with E-state index < -0.39 is 9.84 Å². The molecule has 2 aliphatic rings. The molecule has 1 fully saturated rings. The Morgan fingerprint density at radius 1 is 1.26 bits per heavy atom. The van der Waals surface area contributed by atoms with Crippen LogP contribution in [0.3, 0.4) is 0 Å². The molecule has 0 spiro atoms. The summed E-state index contributed by atoms with van der Waals surface area (Å²) in [5.41, 5.74) is 7.03. The van der Waals surface area contributed by atoms with Crippen molar-refractivity contribution >= 4 is 21.6 Å². The number of hydrogen-bond donors (Lipinski definition) is 2. The quantitative estimate of drug-likeness (QED) is 0.762. The zero-order chi connectivity index (χ0) is 13.5. The summed E-state index contributed by atoms with van der Waals surface area (Å²) >= 11 is 0. The molecule has 6 heteroatoms. The molecule has 0 aliphatic carbocycles. The molecule has 19 heavy (non-hydrogen) atoms. The second-order valence-electron chi connectivity index (χ2n) is 4.90. The lowest BCUT2D eigenvalue weighted by Gasteiger charge is -2.27. The summed E-state index contributed by atoms with van der Waals surface area (Å²) in [6.45, 7) is 4.03. The number of rotatable bonds is 2. The van der Waals surface area contributed by atoms with Crippen LogP contribution in [0.5, 0.6) is 0 Å².